The molecule has 1 aliphatic heterocycles. The Morgan fingerprint density at radius 3 is 2.65 bits per heavy atom. The maximum atomic E-state index is 13.4. The molecule has 0 saturated carbocycles. The van der Waals surface area contributed by atoms with Crippen molar-refractivity contribution in [3.05, 3.63) is 77.5 Å². The molecule has 1 N–H and O–H groups in total. The Hall–Kier alpha value is -3.45. The number of benzene rings is 1. The minimum atomic E-state index is -0.725. The van der Waals surface area contributed by atoms with Crippen molar-refractivity contribution in [2.24, 2.45) is 0 Å². The zero-order valence-corrected chi connectivity index (χ0v) is 17.6. The molecule has 3 heterocycles. The summed E-state index contributed by atoms with van der Waals surface area (Å²) >= 11 is 0. The van der Waals surface area contributed by atoms with Crippen LogP contribution in [0.5, 0.6) is 0 Å². The van der Waals surface area contributed by atoms with Gasteiger partial charge in [0, 0.05) is 30.9 Å². The number of furan rings is 1. The van der Waals surface area contributed by atoms with Gasteiger partial charge in [0.1, 0.15) is 5.58 Å². The van der Waals surface area contributed by atoms with Gasteiger partial charge in [0.2, 0.25) is 5.78 Å². The predicted molar refractivity (Wildman–Crippen MR) is 117 cm³/mol. The summed E-state index contributed by atoms with van der Waals surface area (Å²) in [4.78, 5) is 34.3. The van der Waals surface area contributed by atoms with E-state index in [1.54, 1.807) is 41.6 Å². The first-order valence-electron chi connectivity index (χ1n) is 10.4. The first-order chi connectivity index (χ1) is 15.0. The van der Waals surface area contributed by atoms with Crippen LogP contribution in [-0.4, -0.2) is 57.8 Å². The van der Waals surface area contributed by atoms with Gasteiger partial charge in [0.05, 0.1) is 11.6 Å². The van der Waals surface area contributed by atoms with E-state index in [0.29, 0.717) is 24.2 Å². The van der Waals surface area contributed by atoms with Crippen LogP contribution in [0.15, 0.2) is 70.6 Å². The van der Waals surface area contributed by atoms with Crippen molar-refractivity contribution in [3.8, 4) is 0 Å². The number of para-hydroxylation sites is 1. The number of hydrogen-bond acceptors (Lipinski definition) is 6. The van der Waals surface area contributed by atoms with Crippen molar-refractivity contribution in [1.29, 1.82) is 0 Å². The van der Waals surface area contributed by atoms with Gasteiger partial charge in [-0.15, -0.1) is 0 Å². The zero-order chi connectivity index (χ0) is 22.0. The van der Waals surface area contributed by atoms with E-state index in [4.69, 9.17) is 4.42 Å². The number of likely N-dealkylation sites (N-methyl/N-ethyl adjacent to an activating group) is 1. The summed E-state index contributed by atoms with van der Waals surface area (Å²) in [6, 6.07) is 11.8. The molecule has 1 aromatic carbocycles. The molecule has 1 aliphatic rings. The number of Topliss-reactive ketones (excluding diaryl/α,β-unsaturated/α-hetero) is 1. The number of nitrogens with zero attached hydrogens (tertiary/aromatic N) is 3. The Morgan fingerprint density at radius 2 is 1.97 bits per heavy atom. The number of hydrogen-bond donors (Lipinski definition) is 1. The second-order valence-corrected chi connectivity index (χ2v) is 7.45. The average Bonchev–Trinajstić information content (AvgIpc) is 3.34. The molecule has 3 aromatic rings. The Balaban J connectivity index is 1.73. The molecule has 1 amide bonds. The molecule has 7 nitrogen and oxygen atoms in total. The molecule has 7 heteroatoms. The highest BCUT2D eigenvalue weighted by atomic mass is 16.3. The highest BCUT2D eigenvalue weighted by Gasteiger charge is 2.44. The number of aromatic nitrogens is 1. The van der Waals surface area contributed by atoms with Gasteiger partial charge in [-0.2, -0.15) is 0 Å². The Kier molecular flexibility index (Phi) is 5.86. The molecule has 0 radical (unpaired) electrons. The number of ketones is 1. The standard InChI is InChI=1S/C24H25N3O4/c1-3-26(4-2)12-13-27-21(17-9-7-11-25-15-17)20(23(29)24(27)30)22(28)19-14-16-8-5-6-10-18(16)31-19/h5-11,14-15,21,29H,3-4,12-13H2,1-2H3/t21-/m1/s1. The first kappa shape index (κ1) is 20.8. The van der Waals surface area contributed by atoms with E-state index in [-0.39, 0.29) is 11.3 Å². The maximum Gasteiger partial charge on any atom is 0.290 e. The van der Waals surface area contributed by atoms with Crippen LogP contribution < -0.4 is 0 Å². The smallest absolute Gasteiger partial charge is 0.290 e. The van der Waals surface area contributed by atoms with Gasteiger partial charge in [0.25, 0.3) is 5.91 Å². The molecular weight excluding hydrogens is 394 g/mol. The van der Waals surface area contributed by atoms with Gasteiger partial charge in [0.15, 0.2) is 11.5 Å². The third kappa shape index (κ3) is 3.84. The normalized spacial score (nSPS) is 16.7. The third-order valence-electron chi connectivity index (χ3n) is 5.75. The highest BCUT2D eigenvalue weighted by molar-refractivity contribution is 6.16. The van der Waals surface area contributed by atoms with Crippen molar-refractivity contribution < 1.29 is 19.1 Å². The van der Waals surface area contributed by atoms with Crippen LogP contribution >= 0.6 is 0 Å². The molecule has 1 atom stereocenters. The number of aliphatic hydroxyl groups is 1. The fourth-order valence-electron chi connectivity index (χ4n) is 4.02. The summed E-state index contributed by atoms with van der Waals surface area (Å²) in [5.74, 6) is -1.49. The molecule has 0 spiro atoms. The second-order valence-electron chi connectivity index (χ2n) is 7.45. The number of carbonyl (C=O) groups excluding carboxylic acids is 2. The molecule has 0 aliphatic carbocycles. The van der Waals surface area contributed by atoms with Crippen LogP contribution in [0, 0.1) is 0 Å². The zero-order valence-electron chi connectivity index (χ0n) is 17.6. The van der Waals surface area contributed by atoms with Gasteiger partial charge in [-0.05, 0) is 36.9 Å². The maximum absolute atomic E-state index is 13.4. The Labute approximate surface area is 180 Å². The Morgan fingerprint density at radius 1 is 1.19 bits per heavy atom. The summed E-state index contributed by atoms with van der Waals surface area (Å²) in [7, 11) is 0. The van der Waals surface area contributed by atoms with Crippen LogP contribution in [0.25, 0.3) is 11.0 Å². The monoisotopic (exact) mass is 419 g/mol. The van der Waals surface area contributed by atoms with Gasteiger partial charge >= 0.3 is 0 Å². The number of pyridine rings is 1. The molecular formula is C24H25N3O4. The SMILES string of the molecule is CCN(CC)CCN1C(=O)C(O)=C(C(=O)c2cc3ccccc3o2)[C@H]1c1cccnc1. The largest absolute Gasteiger partial charge is 0.503 e. The fourth-order valence-corrected chi connectivity index (χ4v) is 4.02. The minimum Gasteiger partial charge on any atom is -0.503 e. The van der Waals surface area contributed by atoms with Crippen molar-refractivity contribution >= 4 is 22.7 Å². The molecule has 0 unspecified atom stereocenters. The summed E-state index contributed by atoms with van der Waals surface area (Å²) in [5, 5.41) is 11.5. The lowest BCUT2D eigenvalue weighted by atomic mass is 9.96. The van der Waals surface area contributed by atoms with Crippen LogP contribution in [0.1, 0.15) is 36.0 Å². The van der Waals surface area contributed by atoms with Gasteiger partial charge < -0.3 is 19.3 Å². The highest BCUT2D eigenvalue weighted by Crippen LogP contribution is 2.39. The van der Waals surface area contributed by atoms with Gasteiger partial charge in [-0.25, -0.2) is 0 Å². The fraction of sp³-hybridized carbons (Fsp3) is 0.292. The molecule has 160 valence electrons. The van der Waals surface area contributed by atoms with E-state index >= 15 is 0 Å². The number of amides is 1. The average molecular weight is 419 g/mol. The number of fused-ring (bicyclic) bond motifs is 1. The number of rotatable bonds is 8. The quantitative estimate of drug-likeness (QED) is 0.560. The lowest BCUT2D eigenvalue weighted by Crippen LogP contribution is -2.38. The lowest BCUT2D eigenvalue weighted by Gasteiger charge is -2.29. The van der Waals surface area contributed by atoms with Crippen molar-refractivity contribution in [1.82, 2.24) is 14.8 Å². The van der Waals surface area contributed by atoms with E-state index in [1.165, 1.54) is 0 Å². The Bertz CT molecular complexity index is 1100. The van der Waals surface area contributed by atoms with E-state index in [1.807, 2.05) is 18.2 Å². The minimum absolute atomic E-state index is 0.0246. The molecule has 0 fully saturated rings. The molecule has 31 heavy (non-hydrogen) atoms. The summed E-state index contributed by atoms with van der Waals surface area (Å²) in [6.45, 7) is 6.82. The summed E-state index contributed by atoms with van der Waals surface area (Å²) in [6.07, 6.45) is 3.25. The molecule has 0 saturated heterocycles. The van der Waals surface area contributed by atoms with Gasteiger partial charge in [-0.3, -0.25) is 14.6 Å². The van der Waals surface area contributed by atoms with E-state index in [2.05, 4.69) is 23.7 Å². The molecule has 2 aromatic heterocycles. The van der Waals surface area contributed by atoms with E-state index in [9.17, 15) is 14.7 Å². The summed E-state index contributed by atoms with van der Waals surface area (Å²) < 4.78 is 5.73. The van der Waals surface area contributed by atoms with Crippen LogP contribution in [0.4, 0.5) is 0 Å². The summed E-state index contributed by atoms with van der Waals surface area (Å²) in [5.41, 5.74) is 1.27. The predicted octanol–water partition coefficient (Wildman–Crippen LogP) is 3.75. The van der Waals surface area contributed by atoms with Crippen LogP contribution in [0.3, 0.4) is 0 Å². The lowest BCUT2D eigenvalue weighted by molar-refractivity contribution is -0.129. The van der Waals surface area contributed by atoms with E-state index < -0.39 is 23.5 Å². The van der Waals surface area contributed by atoms with Crippen molar-refractivity contribution in [3.63, 3.8) is 0 Å². The topological polar surface area (TPSA) is 86.9 Å². The van der Waals surface area contributed by atoms with Gasteiger partial charge in [-0.1, -0.05) is 38.1 Å². The van der Waals surface area contributed by atoms with Crippen molar-refractivity contribution in [2.45, 2.75) is 19.9 Å². The molecule has 4 rings (SSSR count). The first-order valence-corrected chi connectivity index (χ1v) is 10.4. The second kappa shape index (κ2) is 8.73. The van der Waals surface area contributed by atoms with Crippen LogP contribution in [0.2, 0.25) is 0 Å². The number of aliphatic hydroxyl groups excluding tert-OH is 1. The number of carbonyl (C=O) groups is 2. The van der Waals surface area contributed by atoms with Crippen LogP contribution in [-0.2, 0) is 4.79 Å². The third-order valence-corrected chi connectivity index (χ3v) is 5.75. The van der Waals surface area contributed by atoms with Crippen molar-refractivity contribution in [2.75, 3.05) is 26.2 Å². The van der Waals surface area contributed by atoms with E-state index in [0.717, 1.165) is 18.5 Å². The molecule has 0 bridgehead atoms.